The lowest BCUT2D eigenvalue weighted by molar-refractivity contribution is -0.120. The third kappa shape index (κ3) is 1.24. The Bertz CT molecular complexity index is 175. The van der Waals surface area contributed by atoms with Crippen molar-refractivity contribution in [1.29, 1.82) is 5.26 Å². The molecular formula is C6H8F2N2. The second kappa shape index (κ2) is 1.89. The standard InChI is InChI=1S/C6H8F2N2/c7-6(8)3-5(10,4-6)1-2-9/h1,3-4,10H2. The predicted octanol–water partition coefficient (Wildman–Crippen LogP) is 1.03. The van der Waals surface area contributed by atoms with E-state index < -0.39 is 11.5 Å². The van der Waals surface area contributed by atoms with Crippen LogP contribution in [0.3, 0.4) is 0 Å². The van der Waals surface area contributed by atoms with Crippen LogP contribution in [0.15, 0.2) is 0 Å². The first-order valence-electron chi connectivity index (χ1n) is 3.01. The van der Waals surface area contributed by atoms with Crippen molar-refractivity contribution in [3.8, 4) is 6.07 Å². The average molecular weight is 146 g/mol. The van der Waals surface area contributed by atoms with E-state index in [0.29, 0.717) is 0 Å². The molecule has 1 rings (SSSR count). The van der Waals surface area contributed by atoms with Gasteiger partial charge in [0.05, 0.1) is 12.5 Å². The second-order valence-electron chi connectivity index (χ2n) is 2.91. The summed E-state index contributed by atoms with van der Waals surface area (Å²) in [7, 11) is 0. The molecule has 0 bridgehead atoms. The van der Waals surface area contributed by atoms with Gasteiger partial charge >= 0.3 is 0 Å². The maximum atomic E-state index is 12.2. The summed E-state index contributed by atoms with van der Waals surface area (Å²) in [4.78, 5) is 0. The van der Waals surface area contributed by atoms with Crippen LogP contribution in [-0.4, -0.2) is 11.5 Å². The highest BCUT2D eigenvalue weighted by atomic mass is 19.3. The Morgan fingerprint density at radius 2 is 2.00 bits per heavy atom. The molecule has 2 N–H and O–H groups in total. The second-order valence-corrected chi connectivity index (χ2v) is 2.91. The molecular weight excluding hydrogens is 138 g/mol. The minimum absolute atomic E-state index is 0.0303. The lowest BCUT2D eigenvalue weighted by atomic mass is 9.72. The normalized spacial score (nSPS) is 26.6. The highest BCUT2D eigenvalue weighted by Gasteiger charge is 2.54. The Balaban J connectivity index is 2.43. The largest absolute Gasteiger partial charge is 0.324 e. The first kappa shape index (κ1) is 7.42. The van der Waals surface area contributed by atoms with Crippen molar-refractivity contribution in [1.82, 2.24) is 0 Å². The Hall–Kier alpha value is -0.690. The third-order valence-electron chi connectivity index (χ3n) is 1.65. The fourth-order valence-electron chi connectivity index (χ4n) is 1.26. The van der Waals surface area contributed by atoms with E-state index in [9.17, 15) is 8.78 Å². The fourth-order valence-corrected chi connectivity index (χ4v) is 1.26. The van der Waals surface area contributed by atoms with Crippen LogP contribution in [0.1, 0.15) is 19.3 Å². The smallest absolute Gasteiger partial charge is 0.251 e. The van der Waals surface area contributed by atoms with Crippen LogP contribution in [0.5, 0.6) is 0 Å². The predicted molar refractivity (Wildman–Crippen MR) is 31.3 cm³/mol. The molecule has 2 nitrogen and oxygen atoms in total. The van der Waals surface area contributed by atoms with Crippen LogP contribution in [0.4, 0.5) is 8.78 Å². The molecule has 0 aromatic rings. The summed E-state index contributed by atoms with van der Waals surface area (Å²) in [5.74, 6) is -2.62. The van der Waals surface area contributed by atoms with Crippen molar-refractivity contribution < 1.29 is 8.78 Å². The maximum Gasteiger partial charge on any atom is 0.251 e. The number of halogens is 2. The maximum absolute atomic E-state index is 12.2. The molecule has 0 aromatic carbocycles. The molecule has 0 unspecified atom stereocenters. The quantitative estimate of drug-likeness (QED) is 0.600. The minimum atomic E-state index is -2.62. The molecule has 0 atom stereocenters. The molecule has 10 heavy (non-hydrogen) atoms. The van der Waals surface area contributed by atoms with Gasteiger partial charge < -0.3 is 5.73 Å². The fraction of sp³-hybridized carbons (Fsp3) is 0.833. The van der Waals surface area contributed by atoms with Crippen LogP contribution in [0.2, 0.25) is 0 Å². The summed E-state index contributed by atoms with van der Waals surface area (Å²) in [6.45, 7) is 0. The van der Waals surface area contributed by atoms with Gasteiger partial charge in [0.1, 0.15) is 0 Å². The molecule has 1 saturated carbocycles. The molecule has 56 valence electrons. The zero-order chi connectivity index (χ0) is 7.83. The Morgan fingerprint density at radius 3 is 2.30 bits per heavy atom. The van der Waals surface area contributed by atoms with Crippen molar-refractivity contribution in [2.45, 2.75) is 30.7 Å². The van der Waals surface area contributed by atoms with Crippen molar-refractivity contribution in [2.24, 2.45) is 5.73 Å². The highest BCUT2D eigenvalue weighted by molar-refractivity contribution is 5.07. The van der Waals surface area contributed by atoms with Crippen LogP contribution < -0.4 is 5.73 Å². The van der Waals surface area contributed by atoms with Gasteiger partial charge in [-0.05, 0) is 0 Å². The van der Waals surface area contributed by atoms with Gasteiger partial charge in [0, 0.05) is 18.4 Å². The van der Waals surface area contributed by atoms with E-state index in [1.807, 2.05) is 0 Å². The highest BCUT2D eigenvalue weighted by Crippen LogP contribution is 2.45. The number of alkyl halides is 2. The Kier molecular flexibility index (Phi) is 1.41. The lowest BCUT2D eigenvalue weighted by Gasteiger charge is -2.42. The van der Waals surface area contributed by atoms with Gasteiger partial charge in [0.25, 0.3) is 5.92 Å². The SMILES string of the molecule is N#CCC1(N)CC(F)(F)C1. The van der Waals surface area contributed by atoms with Gasteiger partial charge in [0.15, 0.2) is 0 Å². The topological polar surface area (TPSA) is 49.8 Å². The van der Waals surface area contributed by atoms with Crippen LogP contribution in [-0.2, 0) is 0 Å². The molecule has 0 saturated heterocycles. The van der Waals surface area contributed by atoms with Crippen molar-refractivity contribution in [3.63, 3.8) is 0 Å². The lowest BCUT2D eigenvalue weighted by Crippen LogP contribution is -2.57. The summed E-state index contributed by atoms with van der Waals surface area (Å²) in [5, 5.41) is 8.16. The summed E-state index contributed by atoms with van der Waals surface area (Å²) < 4.78 is 24.3. The van der Waals surface area contributed by atoms with Gasteiger partial charge in [-0.1, -0.05) is 0 Å². The van der Waals surface area contributed by atoms with E-state index in [0.717, 1.165) is 0 Å². The van der Waals surface area contributed by atoms with E-state index >= 15 is 0 Å². The first-order valence-corrected chi connectivity index (χ1v) is 3.01. The van der Waals surface area contributed by atoms with E-state index in [4.69, 9.17) is 11.0 Å². The third-order valence-corrected chi connectivity index (χ3v) is 1.65. The molecule has 0 aliphatic heterocycles. The zero-order valence-corrected chi connectivity index (χ0v) is 5.40. The number of hydrogen-bond donors (Lipinski definition) is 1. The molecule has 0 heterocycles. The number of hydrogen-bond acceptors (Lipinski definition) is 2. The van der Waals surface area contributed by atoms with E-state index in [1.54, 1.807) is 6.07 Å². The van der Waals surface area contributed by atoms with Crippen LogP contribution in [0, 0.1) is 11.3 Å². The minimum Gasteiger partial charge on any atom is -0.324 e. The monoisotopic (exact) mass is 146 g/mol. The number of rotatable bonds is 1. The van der Waals surface area contributed by atoms with Crippen molar-refractivity contribution in [2.75, 3.05) is 0 Å². The number of nitrogens with zero attached hydrogens (tertiary/aromatic N) is 1. The average Bonchev–Trinajstić information content (AvgIpc) is 1.58. The Morgan fingerprint density at radius 1 is 1.50 bits per heavy atom. The first-order chi connectivity index (χ1) is 4.47. The molecule has 1 aliphatic rings. The zero-order valence-electron chi connectivity index (χ0n) is 5.40. The molecule has 1 aliphatic carbocycles. The summed E-state index contributed by atoms with van der Waals surface area (Å²) in [6, 6.07) is 1.79. The van der Waals surface area contributed by atoms with E-state index in [1.165, 1.54) is 0 Å². The number of nitrogens with two attached hydrogens (primary N) is 1. The summed E-state index contributed by atoms with van der Waals surface area (Å²) in [5.41, 5.74) is 4.48. The molecule has 0 radical (unpaired) electrons. The number of nitriles is 1. The van der Waals surface area contributed by atoms with Gasteiger partial charge in [-0.2, -0.15) is 5.26 Å². The van der Waals surface area contributed by atoms with Gasteiger partial charge in [-0.25, -0.2) is 8.78 Å². The summed E-state index contributed by atoms with van der Waals surface area (Å²) >= 11 is 0. The Labute approximate surface area is 57.6 Å². The molecule has 0 spiro atoms. The van der Waals surface area contributed by atoms with Crippen molar-refractivity contribution in [3.05, 3.63) is 0 Å². The molecule has 4 heteroatoms. The van der Waals surface area contributed by atoms with E-state index in [-0.39, 0.29) is 19.3 Å². The van der Waals surface area contributed by atoms with Gasteiger partial charge in [-0.3, -0.25) is 0 Å². The van der Waals surface area contributed by atoms with Gasteiger partial charge in [-0.15, -0.1) is 0 Å². The molecule has 1 fully saturated rings. The van der Waals surface area contributed by atoms with Crippen LogP contribution in [0.25, 0.3) is 0 Å². The summed E-state index contributed by atoms with van der Waals surface area (Å²) in [6.07, 6.45) is -0.649. The van der Waals surface area contributed by atoms with Gasteiger partial charge in [0.2, 0.25) is 0 Å². The van der Waals surface area contributed by atoms with Crippen molar-refractivity contribution >= 4 is 0 Å². The molecule has 0 amide bonds. The molecule has 0 aromatic heterocycles. The van der Waals surface area contributed by atoms with E-state index in [2.05, 4.69) is 0 Å². The van der Waals surface area contributed by atoms with Crippen LogP contribution >= 0.6 is 0 Å².